The summed E-state index contributed by atoms with van der Waals surface area (Å²) in [5, 5.41) is 0. The number of nitrogens with zero attached hydrogens (tertiary/aromatic N) is 3. The molecule has 0 saturated carbocycles. The van der Waals surface area contributed by atoms with Crippen LogP contribution < -0.4 is 5.56 Å². The maximum absolute atomic E-state index is 14.2. The highest BCUT2D eigenvalue weighted by Crippen LogP contribution is 2.31. The summed E-state index contributed by atoms with van der Waals surface area (Å²) in [6, 6.07) is 3.92. The van der Waals surface area contributed by atoms with Gasteiger partial charge in [-0.3, -0.25) is 8.77 Å². The van der Waals surface area contributed by atoms with Gasteiger partial charge in [-0.2, -0.15) is 13.2 Å². The predicted octanol–water partition coefficient (Wildman–Crippen LogP) is 3.35. The van der Waals surface area contributed by atoms with Gasteiger partial charge < -0.3 is 4.98 Å². The van der Waals surface area contributed by atoms with E-state index < -0.39 is 23.5 Å². The van der Waals surface area contributed by atoms with Crippen molar-refractivity contribution < 1.29 is 17.6 Å². The van der Waals surface area contributed by atoms with E-state index in [0.29, 0.717) is 5.65 Å². The van der Waals surface area contributed by atoms with Crippen molar-refractivity contribution in [1.29, 1.82) is 0 Å². The lowest BCUT2D eigenvalue weighted by atomic mass is 10.1. The van der Waals surface area contributed by atoms with Gasteiger partial charge in [0, 0.05) is 5.75 Å². The van der Waals surface area contributed by atoms with Crippen LogP contribution in [0.25, 0.3) is 11.2 Å². The lowest BCUT2D eigenvalue weighted by molar-refractivity contribution is -0.137. The Kier molecular flexibility index (Phi) is 4.31. The number of nitrogens with one attached hydrogen (secondary N) is 1. The summed E-state index contributed by atoms with van der Waals surface area (Å²) in [6.07, 6.45) is -3.37. The number of aromatic nitrogens is 4. The van der Waals surface area contributed by atoms with Crippen molar-refractivity contribution in [3.8, 4) is 0 Å². The first kappa shape index (κ1) is 16.5. The highest BCUT2D eigenvalue weighted by atomic mass is 32.2. The molecule has 0 spiro atoms. The molecule has 1 aromatic carbocycles. The molecule has 0 aliphatic carbocycles. The fourth-order valence-electron chi connectivity index (χ4n) is 2.04. The zero-order valence-electron chi connectivity index (χ0n) is 11.9. The molecule has 1 unspecified atom stereocenters. The predicted molar refractivity (Wildman–Crippen MR) is 81.3 cm³/mol. The highest BCUT2D eigenvalue weighted by Gasteiger charge is 2.30. The van der Waals surface area contributed by atoms with E-state index in [4.69, 9.17) is 0 Å². The summed E-state index contributed by atoms with van der Waals surface area (Å²) in [7, 11) is 0. The second-order valence-electron chi connectivity index (χ2n) is 4.86. The minimum Gasteiger partial charge on any atom is -0.311 e. The van der Waals surface area contributed by atoms with Crippen molar-refractivity contribution >= 4 is 23.1 Å². The number of fused-ring (bicyclic) bond motifs is 1. The van der Waals surface area contributed by atoms with E-state index in [1.54, 1.807) is 0 Å². The Morgan fingerprint density at radius 3 is 2.58 bits per heavy atom. The quantitative estimate of drug-likeness (QED) is 0.727. The average molecular weight is 358 g/mol. The van der Waals surface area contributed by atoms with E-state index in [-0.39, 0.29) is 16.8 Å². The maximum atomic E-state index is 14.2. The van der Waals surface area contributed by atoms with E-state index in [2.05, 4.69) is 15.0 Å². The molecule has 10 heteroatoms. The molecule has 5 nitrogen and oxygen atoms in total. The van der Waals surface area contributed by atoms with Gasteiger partial charge in [-0.25, -0.2) is 14.4 Å². The fraction of sp³-hybridized carbons (Fsp3) is 0.214. The smallest absolute Gasteiger partial charge is 0.311 e. The van der Waals surface area contributed by atoms with Gasteiger partial charge in [0.05, 0.1) is 11.9 Å². The first-order valence-electron chi connectivity index (χ1n) is 6.71. The van der Waals surface area contributed by atoms with E-state index in [0.717, 1.165) is 36.2 Å². The SMILES string of the molecule is O=c1[nH]cnc2c1ncn2SCC(F)c1ccc(C(F)(F)F)cc1. The van der Waals surface area contributed by atoms with Crippen molar-refractivity contribution in [2.75, 3.05) is 5.75 Å². The summed E-state index contributed by atoms with van der Waals surface area (Å²) in [6.45, 7) is 0. The summed E-state index contributed by atoms with van der Waals surface area (Å²) >= 11 is 1.02. The van der Waals surface area contributed by atoms with Crippen LogP contribution >= 0.6 is 11.9 Å². The van der Waals surface area contributed by atoms with Crippen LogP contribution in [-0.2, 0) is 6.18 Å². The molecule has 1 atom stereocenters. The zero-order chi connectivity index (χ0) is 17.3. The molecule has 126 valence electrons. The van der Waals surface area contributed by atoms with Gasteiger partial charge in [0.15, 0.2) is 11.2 Å². The van der Waals surface area contributed by atoms with E-state index in [1.165, 1.54) is 16.6 Å². The minimum atomic E-state index is -4.45. The van der Waals surface area contributed by atoms with Crippen molar-refractivity contribution in [2.24, 2.45) is 0 Å². The lowest BCUT2D eigenvalue weighted by Crippen LogP contribution is -2.07. The highest BCUT2D eigenvalue weighted by molar-refractivity contribution is 7.98. The van der Waals surface area contributed by atoms with Crippen molar-refractivity contribution in [3.63, 3.8) is 0 Å². The van der Waals surface area contributed by atoms with Crippen LogP contribution in [0.15, 0.2) is 41.7 Å². The van der Waals surface area contributed by atoms with Crippen LogP contribution in [-0.4, -0.2) is 24.7 Å². The maximum Gasteiger partial charge on any atom is 0.416 e. The van der Waals surface area contributed by atoms with E-state index >= 15 is 0 Å². The standard InChI is InChI=1S/C14H10F4N4OS/c15-10(8-1-3-9(4-2-8)14(16,17)18)5-24-22-7-21-11-12(22)19-6-20-13(11)23/h1-4,6-7,10H,5H2,(H,19,20,23). The fourth-order valence-corrected chi connectivity index (χ4v) is 2.90. The third-order valence-corrected chi connectivity index (χ3v) is 4.26. The summed E-state index contributed by atoms with van der Waals surface area (Å²) < 4.78 is 53.1. The van der Waals surface area contributed by atoms with Crippen LogP contribution in [0.5, 0.6) is 0 Å². The van der Waals surface area contributed by atoms with Gasteiger partial charge in [0.2, 0.25) is 0 Å². The molecule has 0 radical (unpaired) electrons. The molecule has 3 aromatic rings. The molecule has 0 saturated heterocycles. The molecule has 2 heterocycles. The Morgan fingerprint density at radius 1 is 1.21 bits per heavy atom. The topological polar surface area (TPSA) is 63.6 Å². The Bertz CT molecular complexity index is 904. The molecule has 1 N–H and O–H groups in total. The van der Waals surface area contributed by atoms with Gasteiger partial charge >= 0.3 is 6.18 Å². The molecule has 0 aliphatic rings. The molecule has 0 fully saturated rings. The Labute approximate surface area is 136 Å². The monoisotopic (exact) mass is 358 g/mol. The number of H-pyrrole nitrogens is 1. The minimum absolute atomic E-state index is 0.0642. The molecule has 24 heavy (non-hydrogen) atoms. The number of halogens is 4. The summed E-state index contributed by atoms with van der Waals surface area (Å²) in [5.41, 5.74) is -0.655. The van der Waals surface area contributed by atoms with Gasteiger partial charge in [-0.05, 0) is 29.6 Å². The largest absolute Gasteiger partial charge is 0.416 e. The molecule has 3 rings (SSSR count). The third kappa shape index (κ3) is 3.28. The van der Waals surface area contributed by atoms with E-state index in [1.807, 2.05) is 0 Å². The number of hydrogen-bond acceptors (Lipinski definition) is 4. The molecule has 0 aliphatic heterocycles. The zero-order valence-corrected chi connectivity index (χ0v) is 12.7. The number of aromatic amines is 1. The first-order valence-corrected chi connectivity index (χ1v) is 7.66. The van der Waals surface area contributed by atoms with Gasteiger partial charge in [0.1, 0.15) is 12.5 Å². The second-order valence-corrected chi connectivity index (χ2v) is 5.84. The third-order valence-electron chi connectivity index (χ3n) is 3.27. The van der Waals surface area contributed by atoms with E-state index in [9.17, 15) is 22.4 Å². The molecule has 0 amide bonds. The Morgan fingerprint density at radius 2 is 1.92 bits per heavy atom. The van der Waals surface area contributed by atoms with Crippen molar-refractivity contribution in [2.45, 2.75) is 12.3 Å². The average Bonchev–Trinajstić information content (AvgIpc) is 2.96. The molecule has 2 aromatic heterocycles. The Hall–Kier alpha value is -2.36. The second kappa shape index (κ2) is 6.27. The van der Waals surface area contributed by atoms with Crippen LogP contribution in [0.2, 0.25) is 0 Å². The van der Waals surface area contributed by atoms with Crippen LogP contribution in [0.4, 0.5) is 17.6 Å². The first-order chi connectivity index (χ1) is 11.4. The van der Waals surface area contributed by atoms with Gasteiger partial charge in [-0.1, -0.05) is 12.1 Å². The van der Waals surface area contributed by atoms with Crippen LogP contribution in [0, 0.1) is 0 Å². The molecule has 0 bridgehead atoms. The number of rotatable bonds is 4. The molecular weight excluding hydrogens is 348 g/mol. The summed E-state index contributed by atoms with van der Waals surface area (Å²) in [5.74, 6) is -0.0642. The lowest BCUT2D eigenvalue weighted by Gasteiger charge is -2.11. The number of benzene rings is 1. The normalized spacial score (nSPS) is 13.3. The van der Waals surface area contributed by atoms with Crippen molar-refractivity contribution in [1.82, 2.24) is 18.9 Å². The number of hydrogen-bond donors (Lipinski definition) is 1. The van der Waals surface area contributed by atoms with Crippen LogP contribution in [0.1, 0.15) is 17.3 Å². The van der Waals surface area contributed by atoms with Crippen molar-refractivity contribution in [3.05, 3.63) is 58.4 Å². The van der Waals surface area contributed by atoms with Gasteiger partial charge in [-0.15, -0.1) is 0 Å². The summed E-state index contributed by atoms with van der Waals surface area (Å²) in [4.78, 5) is 21.8. The Balaban J connectivity index is 1.72. The van der Waals surface area contributed by atoms with Gasteiger partial charge in [0.25, 0.3) is 5.56 Å². The number of imidazole rings is 1. The van der Waals surface area contributed by atoms with Crippen LogP contribution in [0.3, 0.4) is 0 Å². The molecular formula is C14H10F4N4OS. The number of alkyl halides is 4.